The van der Waals surface area contributed by atoms with E-state index < -0.39 is 77.1 Å². The second-order valence-electron chi connectivity index (χ2n) is 20.7. The molecule has 1 aliphatic carbocycles. The zero-order chi connectivity index (χ0) is 49.6. The molecule has 0 aromatic heterocycles. The Labute approximate surface area is 403 Å². The third-order valence-corrected chi connectivity index (χ3v) is 15.5. The van der Waals surface area contributed by atoms with Crippen LogP contribution in [0.25, 0.3) is 0 Å². The van der Waals surface area contributed by atoms with Gasteiger partial charge in [-0.1, -0.05) is 83.6 Å². The van der Waals surface area contributed by atoms with Crippen LogP contribution in [0.4, 0.5) is 0 Å². The second kappa shape index (κ2) is 26.9. The number of ether oxygens (including phenoxy) is 4. The Morgan fingerprint density at radius 1 is 0.896 bits per heavy atom. The number of fused-ring (bicyclic) bond motifs is 3. The Morgan fingerprint density at radius 2 is 1.63 bits per heavy atom. The number of cyclic esters (lactones) is 1. The van der Waals surface area contributed by atoms with Crippen molar-refractivity contribution >= 4 is 34.7 Å². The number of aliphatic hydroxyl groups is 2. The van der Waals surface area contributed by atoms with Crippen molar-refractivity contribution in [1.82, 2.24) is 9.62 Å². The fourth-order valence-corrected chi connectivity index (χ4v) is 11.3. The molecule has 16 atom stereocenters. The number of nitrogens with one attached hydrogen (secondary N) is 1. The predicted molar refractivity (Wildman–Crippen MR) is 259 cm³/mol. The molecule has 14 nitrogen and oxygen atoms in total. The number of carbonyl (C=O) groups excluding carboxylic acids is 4. The quantitative estimate of drug-likeness (QED) is 0.0839. The number of rotatable bonds is 7. The number of Topliss-reactive ketones (excluding diaryl/α,β-unsaturated/α-hetero) is 2. The van der Waals surface area contributed by atoms with Crippen molar-refractivity contribution in [2.75, 3.05) is 20.8 Å². The van der Waals surface area contributed by atoms with Gasteiger partial charge >= 0.3 is 5.97 Å². The third kappa shape index (κ3) is 16.3. The van der Waals surface area contributed by atoms with Crippen molar-refractivity contribution in [2.45, 2.75) is 194 Å². The summed E-state index contributed by atoms with van der Waals surface area (Å²) in [5, 5.41) is 23.5. The number of methoxy groups -OCH3 is 2. The van der Waals surface area contributed by atoms with Gasteiger partial charge in [0.25, 0.3) is 11.7 Å². The predicted octanol–water partition coefficient (Wildman–Crippen LogP) is 7.75. The molecule has 8 unspecified atom stereocenters. The van der Waals surface area contributed by atoms with Crippen LogP contribution in [-0.4, -0.2) is 116 Å². The van der Waals surface area contributed by atoms with Crippen LogP contribution in [0.5, 0.6) is 0 Å². The number of allylic oxidation sites excluding steroid dienone is 6. The van der Waals surface area contributed by atoms with Crippen LogP contribution in [0.15, 0.2) is 47.6 Å². The number of ketones is 2. The van der Waals surface area contributed by atoms with E-state index in [9.17, 15) is 38.2 Å². The third-order valence-electron chi connectivity index (χ3n) is 15.0. The zero-order valence-electron chi connectivity index (χ0n) is 42.0. The van der Waals surface area contributed by atoms with Crippen LogP contribution in [0.1, 0.15) is 145 Å². The molecule has 1 amide bonds. The molecule has 0 aromatic rings. The molecular weight excluding hydrogens is 877 g/mol. The Balaban J connectivity index is 1.68. The second-order valence-corrected chi connectivity index (χ2v) is 21.5. The lowest BCUT2D eigenvalue weighted by Gasteiger charge is -2.43. The highest BCUT2D eigenvalue weighted by Gasteiger charge is 2.53. The standard InChI is InChI=1S/C52H84N2O12S/c1-32-16-12-11-13-17-33(2)28-41(53-67(61)62)31-42-23-21-39(8)52(60,66-42)49(57)50(58)54-25-15-14-18-43(54)51(59)65-44(36(5)29-40-22-20-35(4)45(30-40)63-9)24-19-34(3)27-38(7)47(56)48(64-10)46(55)37(6)26-32/h11-13,16-17,27,32,34-37,39-45,47-48,53,56,60H,14-15,18-26,28-31H2,1-10H3,(H,61,62)/b13-11+,16-12+,33-17+,38-27+/t32-,34+,35-,36-,37?,39?,40?,41-,42+,43?,44+,45?,47?,48+,52?/m1/s1. The molecule has 0 spiro atoms. The SMILES string of the molecule is COC1CC(C[C@@H](C)[C@@H]2CC[C@H](C)/C=C(\C)C(O)[C@@H](OC)C(=O)C(C)C[C@H](C)/C=C/C=C/C=C(\C)C[C@@H](NS(=O)O)C[C@@H]3CCC(C)C(O)(O3)C(=O)C(=O)N3CCCCC3C(=O)O2)CC[C@H]1C. The minimum absolute atomic E-state index is 0.0428. The van der Waals surface area contributed by atoms with Gasteiger partial charge in [0.05, 0.1) is 12.2 Å². The van der Waals surface area contributed by atoms with E-state index in [1.165, 1.54) is 12.0 Å². The smallest absolute Gasteiger partial charge is 0.329 e. The molecule has 2 saturated heterocycles. The first-order valence-corrected chi connectivity index (χ1v) is 26.1. The van der Waals surface area contributed by atoms with Crippen molar-refractivity contribution in [3.63, 3.8) is 0 Å². The van der Waals surface area contributed by atoms with Gasteiger partial charge in [0, 0.05) is 38.6 Å². The molecule has 15 heteroatoms. The molecule has 3 fully saturated rings. The summed E-state index contributed by atoms with van der Waals surface area (Å²) in [4.78, 5) is 57.9. The van der Waals surface area contributed by atoms with E-state index in [4.69, 9.17) is 18.9 Å². The number of hydrogen-bond donors (Lipinski definition) is 4. The molecule has 0 radical (unpaired) electrons. The maximum absolute atomic E-state index is 14.4. The minimum Gasteiger partial charge on any atom is -0.461 e. The van der Waals surface area contributed by atoms with E-state index in [0.29, 0.717) is 75.2 Å². The number of piperidine rings is 1. The van der Waals surface area contributed by atoms with Crippen LogP contribution in [-0.2, 0) is 49.4 Å². The van der Waals surface area contributed by atoms with E-state index in [1.54, 1.807) is 21.0 Å². The summed E-state index contributed by atoms with van der Waals surface area (Å²) in [7, 11) is 3.19. The van der Waals surface area contributed by atoms with Gasteiger partial charge in [-0.2, -0.15) is 0 Å². The Kier molecular flexibility index (Phi) is 22.8. The van der Waals surface area contributed by atoms with Gasteiger partial charge in [-0.25, -0.2) is 13.7 Å². The highest BCUT2D eigenvalue weighted by atomic mass is 32.2. The van der Waals surface area contributed by atoms with E-state index in [-0.39, 0.29) is 48.5 Å². The van der Waals surface area contributed by atoms with E-state index in [1.807, 2.05) is 64.2 Å². The molecule has 4 aliphatic rings. The monoisotopic (exact) mass is 961 g/mol. The minimum atomic E-state index is -2.47. The van der Waals surface area contributed by atoms with Crippen LogP contribution in [0, 0.1) is 41.4 Å². The van der Waals surface area contributed by atoms with Crippen LogP contribution >= 0.6 is 0 Å². The Bertz CT molecular complexity index is 1800. The molecule has 2 bridgehead atoms. The average Bonchev–Trinajstić information content (AvgIpc) is 3.28. The molecule has 3 heterocycles. The first kappa shape index (κ1) is 56.7. The number of hydrogen-bond acceptors (Lipinski definition) is 11. The first-order valence-electron chi connectivity index (χ1n) is 25.0. The highest BCUT2D eigenvalue weighted by Crippen LogP contribution is 2.38. The number of nitrogens with zero attached hydrogens (tertiary/aromatic N) is 1. The lowest BCUT2D eigenvalue weighted by molar-refractivity contribution is -0.264. The van der Waals surface area contributed by atoms with Crippen LogP contribution < -0.4 is 4.72 Å². The zero-order valence-corrected chi connectivity index (χ0v) is 42.8. The Morgan fingerprint density at radius 3 is 2.31 bits per heavy atom. The molecule has 0 aromatic carbocycles. The van der Waals surface area contributed by atoms with Gasteiger partial charge < -0.3 is 34.1 Å². The number of esters is 1. The number of aliphatic hydroxyl groups excluding tert-OH is 1. The van der Waals surface area contributed by atoms with Gasteiger partial charge in [-0.05, 0) is 139 Å². The molecule has 1 saturated carbocycles. The van der Waals surface area contributed by atoms with Crippen LogP contribution in [0.2, 0.25) is 0 Å². The van der Waals surface area contributed by atoms with Gasteiger partial charge in [0.15, 0.2) is 5.78 Å². The highest BCUT2D eigenvalue weighted by molar-refractivity contribution is 7.77. The van der Waals surface area contributed by atoms with Crippen molar-refractivity contribution in [1.29, 1.82) is 0 Å². The molecule has 4 N–H and O–H groups in total. The maximum Gasteiger partial charge on any atom is 0.329 e. The fraction of sp³-hybridized carbons (Fsp3) is 0.769. The average molecular weight is 961 g/mol. The van der Waals surface area contributed by atoms with Crippen molar-refractivity contribution in [2.24, 2.45) is 41.4 Å². The Hall–Kier alpha value is -2.89. The summed E-state index contributed by atoms with van der Waals surface area (Å²) in [5.41, 5.74) is 1.50. The summed E-state index contributed by atoms with van der Waals surface area (Å²) in [5.74, 6) is -5.75. The molecular formula is C52H84N2O12S. The number of carbonyl (C=O) groups is 4. The summed E-state index contributed by atoms with van der Waals surface area (Å²) in [6.07, 6.45) is 16.5. The van der Waals surface area contributed by atoms with Gasteiger partial charge in [-0.3, -0.25) is 18.9 Å². The van der Waals surface area contributed by atoms with Crippen LogP contribution in [0.3, 0.4) is 0 Å². The summed E-state index contributed by atoms with van der Waals surface area (Å²) >= 11 is -2.37. The summed E-state index contributed by atoms with van der Waals surface area (Å²) in [6.45, 7) is 15.7. The molecule has 380 valence electrons. The lowest BCUT2D eigenvalue weighted by Crippen LogP contribution is -2.61. The van der Waals surface area contributed by atoms with Gasteiger partial charge in [-0.15, -0.1) is 0 Å². The number of amides is 1. The molecule has 4 rings (SSSR count). The first-order chi connectivity index (χ1) is 31.7. The van der Waals surface area contributed by atoms with Crippen molar-refractivity contribution in [3.05, 3.63) is 47.6 Å². The molecule has 67 heavy (non-hydrogen) atoms. The van der Waals surface area contributed by atoms with Crippen molar-refractivity contribution in [3.8, 4) is 0 Å². The van der Waals surface area contributed by atoms with Gasteiger partial charge in [0.1, 0.15) is 24.4 Å². The molecule has 3 aliphatic heterocycles. The van der Waals surface area contributed by atoms with Crippen molar-refractivity contribution < 1.29 is 57.1 Å². The maximum atomic E-state index is 14.4. The lowest BCUT2D eigenvalue weighted by atomic mass is 9.76. The van der Waals surface area contributed by atoms with E-state index >= 15 is 0 Å². The van der Waals surface area contributed by atoms with E-state index in [0.717, 1.165) is 31.3 Å². The largest absolute Gasteiger partial charge is 0.461 e. The summed E-state index contributed by atoms with van der Waals surface area (Å²) in [6, 6.07) is -1.61. The normalized spacial score (nSPS) is 40.2. The summed E-state index contributed by atoms with van der Waals surface area (Å²) < 4.78 is 48.6. The fourth-order valence-electron chi connectivity index (χ4n) is 10.8. The van der Waals surface area contributed by atoms with Gasteiger partial charge in [0.2, 0.25) is 17.1 Å². The topological polar surface area (TPSA) is 198 Å². The van der Waals surface area contributed by atoms with E-state index in [2.05, 4.69) is 18.6 Å².